The van der Waals surface area contributed by atoms with Crippen molar-refractivity contribution in [2.75, 3.05) is 10.6 Å². The van der Waals surface area contributed by atoms with Crippen molar-refractivity contribution in [2.24, 2.45) is 0 Å². The first kappa shape index (κ1) is 15.0. The van der Waals surface area contributed by atoms with E-state index in [0.717, 1.165) is 22.8 Å². The third-order valence-electron chi connectivity index (χ3n) is 3.85. The molecule has 4 nitrogen and oxygen atoms in total. The molecular weight excluding hydrogens is 320 g/mol. The minimum Gasteiger partial charge on any atom is -0.367 e. The van der Waals surface area contributed by atoms with Gasteiger partial charge in [0.2, 0.25) is 5.95 Å². The molecule has 5 heteroatoms. The molecule has 0 radical (unpaired) electrons. The zero-order chi connectivity index (χ0) is 16.4. The molecule has 1 fully saturated rings. The Morgan fingerprint density at radius 2 is 1.67 bits per heavy atom. The van der Waals surface area contributed by atoms with Gasteiger partial charge in [-0.15, -0.1) is 0 Å². The van der Waals surface area contributed by atoms with Crippen LogP contribution in [-0.4, -0.2) is 16.0 Å². The van der Waals surface area contributed by atoms with Crippen molar-refractivity contribution in [3.05, 3.63) is 65.7 Å². The van der Waals surface area contributed by atoms with E-state index in [1.165, 1.54) is 12.8 Å². The lowest BCUT2D eigenvalue weighted by Crippen LogP contribution is -2.07. The molecule has 120 valence electrons. The van der Waals surface area contributed by atoms with Crippen LogP contribution in [0, 0.1) is 0 Å². The summed E-state index contributed by atoms with van der Waals surface area (Å²) >= 11 is 6.23. The van der Waals surface area contributed by atoms with E-state index in [4.69, 9.17) is 11.6 Å². The van der Waals surface area contributed by atoms with Gasteiger partial charge in [0.15, 0.2) is 0 Å². The van der Waals surface area contributed by atoms with E-state index in [2.05, 4.69) is 20.6 Å². The fourth-order valence-electron chi connectivity index (χ4n) is 2.45. The van der Waals surface area contributed by atoms with Gasteiger partial charge in [-0.25, -0.2) is 4.98 Å². The minimum atomic E-state index is 0.525. The van der Waals surface area contributed by atoms with Gasteiger partial charge < -0.3 is 10.6 Å². The fourth-order valence-corrected chi connectivity index (χ4v) is 2.64. The second-order valence-corrected chi connectivity index (χ2v) is 6.26. The lowest BCUT2D eigenvalue weighted by Gasteiger charge is -2.12. The third kappa shape index (κ3) is 3.49. The largest absolute Gasteiger partial charge is 0.367 e. The van der Waals surface area contributed by atoms with Crippen molar-refractivity contribution in [1.29, 1.82) is 0 Å². The number of para-hydroxylation sites is 1. The van der Waals surface area contributed by atoms with E-state index in [1.807, 2.05) is 60.7 Å². The average Bonchev–Trinajstić information content (AvgIpc) is 3.42. The molecule has 0 spiro atoms. The summed E-state index contributed by atoms with van der Waals surface area (Å²) in [6.07, 6.45) is 2.38. The number of hydrogen-bond donors (Lipinski definition) is 2. The summed E-state index contributed by atoms with van der Waals surface area (Å²) in [4.78, 5) is 9.23. The summed E-state index contributed by atoms with van der Waals surface area (Å²) < 4.78 is 0. The Labute approximate surface area is 145 Å². The molecular formula is C19H17ClN4. The maximum atomic E-state index is 6.23. The van der Waals surface area contributed by atoms with Crippen LogP contribution >= 0.6 is 11.6 Å². The van der Waals surface area contributed by atoms with Crippen molar-refractivity contribution in [1.82, 2.24) is 9.97 Å². The first-order chi connectivity index (χ1) is 11.8. The Balaban J connectivity index is 1.71. The lowest BCUT2D eigenvalue weighted by atomic mass is 10.1. The second kappa shape index (κ2) is 6.49. The molecule has 1 aromatic heterocycles. The second-order valence-electron chi connectivity index (χ2n) is 5.85. The molecule has 0 amide bonds. The molecule has 1 heterocycles. The summed E-state index contributed by atoms with van der Waals surface area (Å²) in [6, 6.07) is 20.2. The van der Waals surface area contributed by atoms with Crippen LogP contribution in [0.2, 0.25) is 5.02 Å². The average molecular weight is 337 g/mol. The quantitative estimate of drug-likeness (QED) is 0.679. The Bertz CT molecular complexity index is 847. The van der Waals surface area contributed by atoms with Crippen LogP contribution in [0.4, 0.5) is 17.5 Å². The molecule has 0 unspecified atom stereocenters. The van der Waals surface area contributed by atoms with Gasteiger partial charge in [0.1, 0.15) is 5.82 Å². The predicted molar refractivity (Wildman–Crippen MR) is 98.8 cm³/mol. The number of benzene rings is 2. The first-order valence-electron chi connectivity index (χ1n) is 8.00. The van der Waals surface area contributed by atoms with E-state index in [1.54, 1.807) is 0 Å². The van der Waals surface area contributed by atoms with Gasteiger partial charge in [-0.05, 0) is 25.0 Å². The molecule has 4 rings (SSSR count). The zero-order valence-corrected chi connectivity index (χ0v) is 13.8. The summed E-state index contributed by atoms with van der Waals surface area (Å²) in [6.45, 7) is 0. The van der Waals surface area contributed by atoms with Crippen LogP contribution in [0.1, 0.15) is 12.8 Å². The smallest absolute Gasteiger partial charge is 0.229 e. The van der Waals surface area contributed by atoms with Crippen molar-refractivity contribution in [3.8, 4) is 11.3 Å². The van der Waals surface area contributed by atoms with Crippen molar-refractivity contribution in [3.63, 3.8) is 0 Å². The number of nitrogens with zero attached hydrogens (tertiary/aromatic N) is 2. The molecule has 0 bridgehead atoms. The van der Waals surface area contributed by atoms with Gasteiger partial charge in [-0.3, -0.25) is 0 Å². The SMILES string of the molecule is Clc1ccccc1Nc1nc(NC2CC2)cc(-c2ccccc2)n1. The summed E-state index contributed by atoms with van der Waals surface area (Å²) in [5, 5.41) is 7.31. The Kier molecular flexibility index (Phi) is 4.05. The molecule has 1 aliphatic rings. The van der Waals surface area contributed by atoms with E-state index in [-0.39, 0.29) is 0 Å². The molecule has 24 heavy (non-hydrogen) atoms. The maximum Gasteiger partial charge on any atom is 0.229 e. The van der Waals surface area contributed by atoms with E-state index in [9.17, 15) is 0 Å². The molecule has 0 atom stereocenters. The summed E-state index contributed by atoms with van der Waals surface area (Å²) in [7, 11) is 0. The zero-order valence-electron chi connectivity index (χ0n) is 13.0. The van der Waals surface area contributed by atoms with Crippen molar-refractivity contribution in [2.45, 2.75) is 18.9 Å². The number of rotatable bonds is 5. The Morgan fingerprint density at radius 1 is 0.917 bits per heavy atom. The van der Waals surface area contributed by atoms with Crippen LogP contribution in [0.15, 0.2) is 60.7 Å². The Morgan fingerprint density at radius 3 is 2.42 bits per heavy atom. The normalized spacial score (nSPS) is 13.5. The molecule has 1 saturated carbocycles. The third-order valence-corrected chi connectivity index (χ3v) is 4.17. The van der Waals surface area contributed by atoms with Crippen LogP contribution in [0.25, 0.3) is 11.3 Å². The number of hydrogen-bond acceptors (Lipinski definition) is 4. The summed E-state index contributed by atoms with van der Waals surface area (Å²) in [5.74, 6) is 1.37. The number of halogens is 1. The molecule has 0 saturated heterocycles. The number of aromatic nitrogens is 2. The molecule has 2 N–H and O–H groups in total. The standard InChI is InChI=1S/C19H17ClN4/c20-15-8-4-5-9-16(15)22-19-23-17(13-6-2-1-3-7-13)12-18(24-19)21-14-10-11-14/h1-9,12,14H,10-11H2,(H2,21,22,23,24). The predicted octanol–water partition coefficient (Wildman–Crippen LogP) is 5.11. The number of anilines is 3. The van der Waals surface area contributed by atoms with Crippen LogP contribution in [0.5, 0.6) is 0 Å². The molecule has 2 aromatic carbocycles. The lowest BCUT2D eigenvalue weighted by molar-refractivity contribution is 1.09. The van der Waals surface area contributed by atoms with Gasteiger partial charge in [-0.1, -0.05) is 54.1 Å². The topological polar surface area (TPSA) is 49.8 Å². The van der Waals surface area contributed by atoms with E-state index in [0.29, 0.717) is 17.0 Å². The Hall–Kier alpha value is -2.59. The monoisotopic (exact) mass is 336 g/mol. The van der Waals surface area contributed by atoms with Crippen molar-refractivity contribution < 1.29 is 0 Å². The van der Waals surface area contributed by atoms with Gasteiger partial charge >= 0.3 is 0 Å². The highest BCUT2D eigenvalue weighted by Crippen LogP contribution is 2.29. The van der Waals surface area contributed by atoms with Crippen LogP contribution < -0.4 is 10.6 Å². The maximum absolute atomic E-state index is 6.23. The number of nitrogens with one attached hydrogen (secondary N) is 2. The fraction of sp³-hybridized carbons (Fsp3) is 0.158. The highest BCUT2D eigenvalue weighted by molar-refractivity contribution is 6.33. The highest BCUT2D eigenvalue weighted by atomic mass is 35.5. The van der Waals surface area contributed by atoms with E-state index < -0.39 is 0 Å². The van der Waals surface area contributed by atoms with Crippen LogP contribution in [-0.2, 0) is 0 Å². The van der Waals surface area contributed by atoms with E-state index >= 15 is 0 Å². The highest BCUT2D eigenvalue weighted by Gasteiger charge is 2.22. The first-order valence-corrected chi connectivity index (χ1v) is 8.38. The van der Waals surface area contributed by atoms with Gasteiger partial charge in [0, 0.05) is 17.7 Å². The minimum absolute atomic E-state index is 0.525. The molecule has 3 aromatic rings. The van der Waals surface area contributed by atoms with Gasteiger partial charge in [0.25, 0.3) is 0 Å². The van der Waals surface area contributed by atoms with Gasteiger partial charge in [-0.2, -0.15) is 4.98 Å². The van der Waals surface area contributed by atoms with Crippen molar-refractivity contribution >= 4 is 29.1 Å². The molecule has 1 aliphatic carbocycles. The summed E-state index contributed by atoms with van der Waals surface area (Å²) in [5.41, 5.74) is 2.73. The van der Waals surface area contributed by atoms with Gasteiger partial charge in [0.05, 0.1) is 16.4 Å². The van der Waals surface area contributed by atoms with Crippen LogP contribution in [0.3, 0.4) is 0 Å². The molecule has 0 aliphatic heterocycles.